The van der Waals surface area contributed by atoms with E-state index in [1.165, 1.54) is 11.3 Å². The van der Waals surface area contributed by atoms with Gasteiger partial charge < -0.3 is 19.6 Å². The molecular formula is C26H34N2O4S. The monoisotopic (exact) mass is 470 g/mol. The van der Waals surface area contributed by atoms with E-state index >= 15 is 0 Å². The molecule has 1 unspecified atom stereocenters. The molecule has 3 rings (SSSR count). The highest BCUT2D eigenvalue weighted by molar-refractivity contribution is 7.10. The molecule has 0 saturated carbocycles. The minimum atomic E-state index is -0.631. The van der Waals surface area contributed by atoms with Crippen LogP contribution in [0.15, 0.2) is 35.2 Å². The maximum Gasteiger partial charge on any atom is 0.295 e. The summed E-state index contributed by atoms with van der Waals surface area (Å²) in [5.41, 5.74) is 2.54. The number of likely N-dealkylation sites (tertiary alicyclic amines) is 1. The maximum atomic E-state index is 13.2. The normalized spacial score (nSPS) is 17.9. The number of ketones is 1. The fraction of sp³-hybridized carbons (Fsp3) is 0.462. The highest BCUT2D eigenvalue weighted by atomic mass is 32.1. The third kappa shape index (κ3) is 5.14. The number of amides is 1. The summed E-state index contributed by atoms with van der Waals surface area (Å²) in [5.74, 6) is -0.574. The second kappa shape index (κ2) is 11.0. The van der Waals surface area contributed by atoms with E-state index < -0.39 is 17.7 Å². The molecule has 1 aliphatic heterocycles. The summed E-state index contributed by atoms with van der Waals surface area (Å²) < 4.78 is 5.74. The number of ether oxygens (including phenoxy) is 1. The number of rotatable bonds is 10. The number of likely N-dealkylation sites (N-methyl/N-ethyl adjacent to an activating group) is 1. The largest absolute Gasteiger partial charge is 0.507 e. The predicted octanol–water partition coefficient (Wildman–Crippen LogP) is 4.92. The number of hydrogen-bond acceptors (Lipinski definition) is 6. The Morgan fingerprint density at radius 3 is 2.42 bits per heavy atom. The van der Waals surface area contributed by atoms with Gasteiger partial charge in [0.1, 0.15) is 11.5 Å². The number of hydrogen-bond donors (Lipinski definition) is 1. The summed E-state index contributed by atoms with van der Waals surface area (Å²) >= 11 is 1.51. The van der Waals surface area contributed by atoms with Crippen molar-refractivity contribution in [3.8, 4) is 5.75 Å². The Balaban J connectivity index is 2.05. The molecule has 1 aromatic carbocycles. The first-order valence-electron chi connectivity index (χ1n) is 11.6. The van der Waals surface area contributed by atoms with E-state index in [2.05, 4.69) is 18.7 Å². The molecule has 2 aromatic rings. The summed E-state index contributed by atoms with van der Waals surface area (Å²) in [6.07, 6.45) is 0.901. The van der Waals surface area contributed by atoms with Gasteiger partial charge in [-0.3, -0.25) is 9.59 Å². The van der Waals surface area contributed by atoms with Crippen LogP contribution in [-0.2, 0) is 9.59 Å². The number of carbonyl (C=O) groups is 2. The van der Waals surface area contributed by atoms with Gasteiger partial charge in [-0.15, -0.1) is 11.3 Å². The van der Waals surface area contributed by atoms with Crippen molar-refractivity contribution in [1.82, 2.24) is 9.80 Å². The molecule has 1 aromatic heterocycles. The van der Waals surface area contributed by atoms with Crippen LogP contribution in [0.25, 0.3) is 5.76 Å². The second-order valence-electron chi connectivity index (χ2n) is 8.32. The van der Waals surface area contributed by atoms with Gasteiger partial charge in [0.25, 0.3) is 11.7 Å². The zero-order valence-electron chi connectivity index (χ0n) is 20.2. The Kier molecular flexibility index (Phi) is 8.32. The van der Waals surface area contributed by atoms with Crippen molar-refractivity contribution in [3.63, 3.8) is 0 Å². The second-order valence-corrected chi connectivity index (χ2v) is 9.26. The first-order chi connectivity index (χ1) is 15.8. The fourth-order valence-electron chi connectivity index (χ4n) is 4.16. The van der Waals surface area contributed by atoms with Crippen molar-refractivity contribution < 1.29 is 19.4 Å². The van der Waals surface area contributed by atoms with Crippen molar-refractivity contribution >= 4 is 28.8 Å². The van der Waals surface area contributed by atoms with E-state index in [9.17, 15) is 14.7 Å². The van der Waals surface area contributed by atoms with Crippen LogP contribution < -0.4 is 4.74 Å². The van der Waals surface area contributed by atoms with Crippen molar-refractivity contribution in [1.29, 1.82) is 0 Å². The molecule has 1 aliphatic rings. The molecule has 0 radical (unpaired) electrons. The first kappa shape index (κ1) is 25.0. The first-order valence-corrected chi connectivity index (χ1v) is 12.5. The quantitative estimate of drug-likeness (QED) is 0.303. The van der Waals surface area contributed by atoms with Crippen molar-refractivity contribution in [2.24, 2.45) is 0 Å². The molecule has 1 saturated heterocycles. The highest BCUT2D eigenvalue weighted by Gasteiger charge is 2.46. The molecule has 33 heavy (non-hydrogen) atoms. The Morgan fingerprint density at radius 1 is 1.12 bits per heavy atom. The molecule has 1 fully saturated rings. The number of aliphatic hydroxyl groups excluding tert-OH is 1. The molecule has 1 amide bonds. The zero-order valence-corrected chi connectivity index (χ0v) is 21.0. The van der Waals surface area contributed by atoms with Gasteiger partial charge in [0.05, 0.1) is 18.2 Å². The smallest absolute Gasteiger partial charge is 0.295 e. The van der Waals surface area contributed by atoms with E-state index in [0.717, 1.165) is 41.3 Å². The van der Waals surface area contributed by atoms with E-state index in [0.29, 0.717) is 25.3 Å². The van der Waals surface area contributed by atoms with Crippen molar-refractivity contribution in [2.45, 2.75) is 47.1 Å². The van der Waals surface area contributed by atoms with Crippen LogP contribution in [0.4, 0.5) is 0 Å². The minimum absolute atomic E-state index is 0.137. The van der Waals surface area contributed by atoms with E-state index in [1.54, 1.807) is 11.0 Å². The van der Waals surface area contributed by atoms with Gasteiger partial charge in [0.2, 0.25) is 0 Å². The van der Waals surface area contributed by atoms with Crippen LogP contribution >= 0.6 is 11.3 Å². The molecule has 0 aliphatic carbocycles. The van der Waals surface area contributed by atoms with Crippen LogP contribution in [0.2, 0.25) is 0 Å². The number of nitrogens with zero attached hydrogens (tertiary/aromatic N) is 2. The summed E-state index contributed by atoms with van der Waals surface area (Å²) in [6, 6.07) is 6.75. The molecule has 0 spiro atoms. The van der Waals surface area contributed by atoms with Gasteiger partial charge in [0.15, 0.2) is 0 Å². The van der Waals surface area contributed by atoms with Crippen LogP contribution in [0.5, 0.6) is 5.75 Å². The number of carbonyl (C=O) groups excluding carboxylic acids is 2. The van der Waals surface area contributed by atoms with Gasteiger partial charge in [0, 0.05) is 23.5 Å². The maximum absolute atomic E-state index is 13.2. The lowest BCUT2D eigenvalue weighted by atomic mass is 9.97. The lowest BCUT2D eigenvalue weighted by molar-refractivity contribution is -0.140. The zero-order chi connectivity index (χ0) is 24.1. The topological polar surface area (TPSA) is 70.1 Å². The van der Waals surface area contributed by atoms with Crippen LogP contribution in [0.1, 0.15) is 54.8 Å². The van der Waals surface area contributed by atoms with Gasteiger partial charge in [-0.2, -0.15) is 0 Å². The standard InChI is InChI=1S/C26H34N2O4S/c1-6-14-32-20-10-9-19(16-18(20)5)23(29)21-22(25-17(4)11-15-33-25)28(26(31)24(21)30)13-12-27(7-2)8-3/h9-11,15-16,22,29H,6-8,12-14H2,1-5H3/b23-21-. The lowest BCUT2D eigenvalue weighted by Crippen LogP contribution is -2.37. The average molecular weight is 471 g/mol. The molecule has 2 heterocycles. The Morgan fingerprint density at radius 2 is 1.85 bits per heavy atom. The SMILES string of the molecule is CCCOc1ccc(/C(O)=C2/C(=O)C(=O)N(CCN(CC)CC)C2c2sccc2C)cc1C. The summed E-state index contributed by atoms with van der Waals surface area (Å²) in [7, 11) is 0. The summed E-state index contributed by atoms with van der Waals surface area (Å²) in [4.78, 5) is 31.0. The van der Waals surface area contributed by atoms with Gasteiger partial charge in [-0.1, -0.05) is 20.8 Å². The Labute approximate surface area is 200 Å². The van der Waals surface area contributed by atoms with Gasteiger partial charge in [-0.05, 0) is 74.1 Å². The highest BCUT2D eigenvalue weighted by Crippen LogP contribution is 2.42. The van der Waals surface area contributed by atoms with Crippen LogP contribution in [-0.4, -0.2) is 59.4 Å². The van der Waals surface area contributed by atoms with Crippen molar-refractivity contribution in [3.05, 3.63) is 56.8 Å². The average Bonchev–Trinajstić information content (AvgIpc) is 3.33. The number of aryl methyl sites for hydroxylation is 2. The van der Waals surface area contributed by atoms with Crippen LogP contribution in [0, 0.1) is 13.8 Å². The number of thiophene rings is 1. The Bertz CT molecular complexity index is 1040. The third-order valence-electron chi connectivity index (χ3n) is 6.15. The molecule has 178 valence electrons. The predicted molar refractivity (Wildman–Crippen MR) is 133 cm³/mol. The van der Waals surface area contributed by atoms with E-state index in [1.807, 2.05) is 44.4 Å². The van der Waals surface area contributed by atoms with Crippen molar-refractivity contribution in [2.75, 3.05) is 32.8 Å². The molecule has 0 bridgehead atoms. The minimum Gasteiger partial charge on any atom is -0.507 e. The van der Waals surface area contributed by atoms with E-state index in [-0.39, 0.29) is 11.3 Å². The number of benzene rings is 1. The van der Waals surface area contributed by atoms with Crippen LogP contribution in [0.3, 0.4) is 0 Å². The summed E-state index contributed by atoms with van der Waals surface area (Å²) in [5, 5.41) is 13.2. The molecule has 1 N–H and O–H groups in total. The Hall–Kier alpha value is -2.64. The number of Topliss-reactive ketones (excluding diaryl/α,β-unsaturated/α-hetero) is 1. The fourth-order valence-corrected chi connectivity index (χ4v) is 5.21. The van der Waals surface area contributed by atoms with E-state index in [4.69, 9.17) is 4.74 Å². The summed E-state index contributed by atoms with van der Waals surface area (Å²) in [6.45, 7) is 13.5. The van der Waals surface area contributed by atoms with Gasteiger partial charge >= 0.3 is 0 Å². The third-order valence-corrected chi connectivity index (χ3v) is 7.22. The molecule has 7 heteroatoms. The number of aliphatic hydroxyl groups is 1. The molecular weight excluding hydrogens is 436 g/mol. The van der Waals surface area contributed by atoms with Gasteiger partial charge in [-0.25, -0.2) is 0 Å². The lowest BCUT2D eigenvalue weighted by Gasteiger charge is -2.27. The molecule has 1 atom stereocenters. The molecule has 6 nitrogen and oxygen atoms in total.